The molecular formula is C17H11F4NO2. The summed E-state index contributed by atoms with van der Waals surface area (Å²) >= 11 is 0. The molecule has 0 fully saturated rings. The van der Waals surface area contributed by atoms with E-state index >= 15 is 0 Å². The minimum atomic E-state index is -4.57. The van der Waals surface area contributed by atoms with Crippen LogP contribution in [0.2, 0.25) is 0 Å². The van der Waals surface area contributed by atoms with Crippen LogP contribution in [-0.2, 0) is 12.7 Å². The van der Waals surface area contributed by atoms with Gasteiger partial charge in [-0.1, -0.05) is 6.07 Å². The van der Waals surface area contributed by atoms with Crippen LogP contribution in [0.5, 0.6) is 0 Å². The number of halogens is 4. The predicted octanol–water partition coefficient (Wildman–Crippen LogP) is 4.21. The molecule has 0 N–H and O–H groups in total. The summed E-state index contributed by atoms with van der Waals surface area (Å²) in [7, 11) is 0. The van der Waals surface area contributed by atoms with Crippen molar-refractivity contribution in [2.45, 2.75) is 19.6 Å². The van der Waals surface area contributed by atoms with Gasteiger partial charge < -0.3 is 4.90 Å². The first-order valence-corrected chi connectivity index (χ1v) is 7.01. The van der Waals surface area contributed by atoms with Crippen LogP contribution in [0, 0.1) is 5.82 Å². The topological polar surface area (TPSA) is 37.4 Å². The Hall–Kier alpha value is -2.70. The molecule has 0 unspecified atom stereocenters. The van der Waals surface area contributed by atoms with Crippen molar-refractivity contribution in [3.8, 4) is 0 Å². The minimum Gasteiger partial charge on any atom is -0.304 e. The zero-order chi connectivity index (χ0) is 17.6. The molecule has 1 heterocycles. The van der Waals surface area contributed by atoms with E-state index in [0.29, 0.717) is 0 Å². The molecule has 7 heteroatoms. The summed E-state index contributed by atoms with van der Waals surface area (Å²) in [5, 5.41) is 0. The van der Waals surface area contributed by atoms with E-state index < -0.39 is 29.2 Å². The van der Waals surface area contributed by atoms with Gasteiger partial charge in [-0.05, 0) is 42.8 Å². The standard InChI is InChI=1S/C17H11F4NO2/c1-9(23)12-7-10(5-6-15(12)18)22-8-13-11(16(22)24)3-2-4-14(13)17(19,20)21/h2-7H,8H2,1H3. The number of hydrogen-bond donors (Lipinski definition) is 0. The van der Waals surface area contributed by atoms with Crippen LogP contribution in [-0.4, -0.2) is 11.7 Å². The lowest BCUT2D eigenvalue weighted by Crippen LogP contribution is -2.23. The molecule has 0 aromatic heterocycles. The van der Waals surface area contributed by atoms with Crippen molar-refractivity contribution in [1.82, 2.24) is 0 Å². The van der Waals surface area contributed by atoms with Gasteiger partial charge in [0.15, 0.2) is 5.78 Å². The zero-order valence-corrected chi connectivity index (χ0v) is 12.4. The highest BCUT2D eigenvalue weighted by atomic mass is 19.4. The van der Waals surface area contributed by atoms with Gasteiger partial charge in [0.25, 0.3) is 5.91 Å². The van der Waals surface area contributed by atoms with Crippen LogP contribution in [0.15, 0.2) is 36.4 Å². The maximum Gasteiger partial charge on any atom is 0.416 e. The Morgan fingerprint density at radius 1 is 1.17 bits per heavy atom. The summed E-state index contributed by atoms with van der Waals surface area (Å²) in [6, 6.07) is 6.87. The lowest BCUT2D eigenvalue weighted by Gasteiger charge is -2.17. The Labute approximate surface area is 134 Å². The van der Waals surface area contributed by atoms with Crippen molar-refractivity contribution < 1.29 is 27.2 Å². The molecule has 0 saturated carbocycles. The molecule has 2 aromatic carbocycles. The van der Waals surface area contributed by atoms with E-state index in [1.54, 1.807) is 0 Å². The summed E-state index contributed by atoms with van der Waals surface area (Å²) in [5.41, 5.74) is -1.07. The third-order valence-electron chi connectivity index (χ3n) is 3.91. The van der Waals surface area contributed by atoms with Crippen molar-refractivity contribution >= 4 is 17.4 Å². The number of carbonyl (C=O) groups excluding carboxylic acids is 2. The molecule has 3 rings (SSSR count). The molecule has 3 nitrogen and oxygen atoms in total. The summed E-state index contributed by atoms with van der Waals surface area (Å²) in [6.45, 7) is 0.886. The SMILES string of the molecule is CC(=O)c1cc(N2Cc3c(cccc3C(F)(F)F)C2=O)ccc1F. The zero-order valence-electron chi connectivity index (χ0n) is 12.4. The van der Waals surface area contributed by atoms with E-state index in [9.17, 15) is 27.2 Å². The second kappa shape index (κ2) is 5.43. The average Bonchev–Trinajstić information content (AvgIpc) is 2.84. The summed E-state index contributed by atoms with van der Waals surface area (Å²) in [5.74, 6) is -1.89. The van der Waals surface area contributed by atoms with E-state index in [1.165, 1.54) is 31.2 Å². The van der Waals surface area contributed by atoms with Gasteiger partial charge in [0.2, 0.25) is 0 Å². The van der Waals surface area contributed by atoms with E-state index in [2.05, 4.69) is 0 Å². The lowest BCUT2D eigenvalue weighted by molar-refractivity contribution is -0.138. The molecule has 0 atom stereocenters. The van der Waals surface area contributed by atoms with Gasteiger partial charge in [0.05, 0.1) is 17.7 Å². The first kappa shape index (κ1) is 16.2. The number of ketones is 1. The highest BCUT2D eigenvalue weighted by Crippen LogP contribution is 2.38. The Bertz CT molecular complexity index is 858. The van der Waals surface area contributed by atoms with Gasteiger partial charge >= 0.3 is 6.18 Å². The molecule has 0 radical (unpaired) electrons. The average molecular weight is 337 g/mol. The normalized spacial score (nSPS) is 14.0. The van der Waals surface area contributed by atoms with E-state index in [0.717, 1.165) is 17.0 Å². The summed E-state index contributed by atoms with van der Waals surface area (Å²) in [4.78, 5) is 25.0. The van der Waals surface area contributed by atoms with Crippen LogP contribution >= 0.6 is 0 Å². The number of amides is 1. The Kier molecular flexibility index (Phi) is 3.66. The van der Waals surface area contributed by atoms with Crippen LogP contribution in [0.25, 0.3) is 0 Å². The fourth-order valence-electron chi connectivity index (χ4n) is 2.76. The molecule has 124 valence electrons. The van der Waals surface area contributed by atoms with E-state index in [4.69, 9.17) is 0 Å². The first-order chi connectivity index (χ1) is 11.2. The van der Waals surface area contributed by atoms with Crippen LogP contribution in [0.4, 0.5) is 23.2 Å². The molecular weight excluding hydrogens is 326 g/mol. The highest BCUT2D eigenvalue weighted by molar-refractivity contribution is 6.10. The van der Waals surface area contributed by atoms with Crippen LogP contribution < -0.4 is 4.90 Å². The van der Waals surface area contributed by atoms with E-state index in [1.807, 2.05) is 0 Å². The van der Waals surface area contributed by atoms with Gasteiger partial charge in [-0.2, -0.15) is 13.2 Å². The van der Waals surface area contributed by atoms with Crippen molar-refractivity contribution in [1.29, 1.82) is 0 Å². The number of nitrogens with zero attached hydrogens (tertiary/aromatic N) is 1. The molecule has 1 amide bonds. The molecule has 1 aliphatic rings. The monoisotopic (exact) mass is 337 g/mol. The van der Waals surface area contributed by atoms with Crippen LogP contribution in [0.3, 0.4) is 0 Å². The second-order valence-corrected chi connectivity index (χ2v) is 5.44. The first-order valence-electron chi connectivity index (χ1n) is 7.01. The lowest BCUT2D eigenvalue weighted by atomic mass is 10.0. The minimum absolute atomic E-state index is 0.0430. The molecule has 0 aliphatic carbocycles. The number of rotatable bonds is 2. The Morgan fingerprint density at radius 3 is 2.50 bits per heavy atom. The number of alkyl halides is 3. The van der Waals surface area contributed by atoms with E-state index in [-0.39, 0.29) is 28.9 Å². The second-order valence-electron chi connectivity index (χ2n) is 5.44. The third-order valence-corrected chi connectivity index (χ3v) is 3.91. The third kappa shape index (κ3) is 2.55. The fourth-order valence-corrected chi connectivity index (χ4v) is 2.76. The predicted molar refractivity (Wildman–Crippen MR) is 78.4 cm³/mol. The molecule has 0 spiro atoms. The van der Waals surface area contributed by atoms with Gasteiger partial charge in [-0.25, -0.2) is 4.39 Å². The summed E-state index contributed by atoms with van der Waals surface area (Å²) in [6.07, 6.45) is -4.57. The highest BCUT2D eigenvalue weighted by Gasteiger charge is 2.39. The van der Waals surface area contributed by atoms with Crippen molar-refractivity contribution in [3.63, 3.8) is 0 Å². The molecule has 24 heavy (non-hydrogen) atoms. The number of Topliss-reactive ketones (excluding diaryl/α,β-unsaturated/α-hetero) is 1. The van der Waals surface area contributed by atoms with Crippen molar-refractivity contribution in [3.05, 3.63) is 64.5 Å². The molecule has 0 bridgehead atoms. The van der Waals surface area contributed by atoms with Crippen molar-refractivity contribution in [2.75, 3.05) is 4.90 Å². The number of anilines is 1. The van der Waals surface area contributed by atoms with Crippen molar-refractivity contribution in [2.24, 2.45) is 0 Å². The Morgan fingerprint density at radius 2 is 1.88 bits per heavy atom. The maximum absolute atomic E-state index is 13.6. The fraction of sp³-hybridized carbons (Fsp3) is 0.176. The number of benzene rings is 2. The Balaban J connectivity index is 2.06. The largest absolute Gasteiger partial charge is 0.416 e. The molecule has 0 saturated heterocycles. The van der Waals surface area contributed by atoms with Gasteiger partial charge in [0, 0.05) is 11.3 Å². The smallest absolute Gasteiger partial charge is 0.304 e. The van der Waals surface area contributed by atoms with Gasteiger partial charge in [-0.3, -0.25) is 9.59 Å². The molecule has 1 aliphatic heterocycles. The number of hydrogen-bond acceptors (Lipinski definition) is 2. The van der Waals surface area contributed by atoms with Crippen LogP contribution in [0.1, 0.15) is 38.8 Å². The quantitative estimate of drug-likeness (QED) is 0.608. The van der Waals surface area contributed by atoms with Gasteiger partial charge in [-0.15, -0.1) is 0 Å². The number of fused-ring (bicyclic) bond motifs is 1. The summed E-state index contributed by atoms with van der Waals surface area (Å²) < 4.78 is 52.9. The maximum atomic E-state index is 13.6. The number of carbonyl (C=O) groups is 2. The van der Waals surface area contributed by atoms with Gasteiger partial charge in [0.1, 0.15) is 5.82 Å². The molecule has 2 aromatic rings.